The van der Waals surface area contributed by atoms with Crippen molar-refractivity contribution >= 4 is 5.97 Å². The molecule has 0 bridgehead atoms. The van der Waals surface area contributed by atoms with Gasteiger partial charge in [0.1, 0.15) is 24.2 Å². The lowest BCUT2D eigenvalue weighted by Crippen LogP contribution is -2.43. The number of nitrogens with zero attached hydrogens (tertiary/aromatic N) is 1. The summed E-state index contributed by atoms with van der Waals surface area (Å²) in [7, 11) is 1.63. The summed E-state index contributed by atoms with van der Waals surface area (Å²) in [5.41, 5.74) is 0.907. The Morgan fingerprint density at radius 3 is 2.73 bits per heavy atom. The highest BCUT2D eigenvalue weighted by atomic mass is 16.5. The minimum absolute atomic E-state index is 0.115. The van der Waals surface area contributed by atoms with E-state index >= 15 is 0 Å². The van der Waals surface area contributed by atoms with E-state index in [1.165, 1.54) is 0 Å². The number of ether oxygens (including phenoxy) is 2. The molecule has 1 aliphatic heterocycles. The molecule has 1 heterocycles. The molecule has 6 nitrogen and oxygen atoms in total. The molecule has 0 aromatic heterocycles. The van der Waals surface area contributed by atoms with E-state index in [-0.39, 0.29) is 17.9 Å². The lowest BCUT2D eigenvalue weighted by Gasteiger charge is -2.32. The average Bonchev–Trinajstić information content (AvgIpc) is 2.59. The van der Waals surface area contributed by atoms with Crippen LogP contribution in [0.5, 0.6) is 11.5 Å². The van der Waals surface area contributed by atoms with Gasteiger partial charge in [0.05, 0.1) is 13.0 Å². The Hall–Kier alpha value is -1.79. The predicted octanol–water partition coefficient (Wildman–Crippen LogP) is 2.53. The van der Waals surface area contributed by atoms with Crippen molar-refractivity contribution in [2.75, 3.05) is 33.4 Å². The van der Waals surface area contributed by atoms with Crippen LogP contribution in [-0.2, 0) is 10.2 Å². The van der Waals surface area contributed by atoms with Crippen LogP contribution >= 0.6 is 0 Å². The first-order valence-electron chi connectivity index (χ1n) is 9.15. The number of rotatable bonds is 7. The van der Waals surface area contributed by atoms with Gasteiger partial charge in [0.15, 0.2) is 0 Å². The third-order valence-electron chi connectivity index (χ3n) is 4.75. The van der Waals surface area contributed by atoms with E-state index in [9.17, 15) is 9.90 Å². The number of carboxylic acid groups (broad SMARTS) is 1. The van der Waals surface area contributed by atoms with Crippen LogP contribution in [0.2, 0.25) is 0 Å². The fourth-order valence-corrected chi connectivity index (χ4v) is 3.31. The molecule has 0 aliphatic carbocycles. The number of likely N-dealkylation sites (tertiary alicyclic amines) is 1. The maximum atomic E-state index is 11.2. The van der Waals surface area contributed by atoms with Gasteiger partial charge in [0.25, 0.3) is 0 Å². The second-order valence-corrected chi connectivity index (χ2v) is 8.01. The number of hydrogen-bond acceptors (Lipinski definition) is 5. The maximum absolute atomic E-state index is 11.2. The summed E-state index contributed by atoms with van der Waals surface area (Å²) in [6, 6.07) is 5.68. The number of β-amino-alcohol motifs (C(OH)–C–C–N with tert-alkyl or cyclic N) is 1. The van der Waals surface area contributed by atoms with Crippen molar-refractivity contribution in [3.8, 4) is 11.5 Å². The summed E-state index contributed by atoms with van der Waals surface area (Å²) in [6.07, 6.45) is 0.883. The Balaban J connectivity index is 1.95. The van der Waals surface area contributed by atoms with Crippen molar-refractivity contribution in [1.29, 1.82) is 0 Å². The Morgan fingerprint density at radius 1 is 1.38 bits per heavy atom. The standard InChI is InChI=1S/C20H31NO5/c1-20(2,3)17-10-16(25-4)7-8-18(17)26-13-15(22)12-21-9-5-6-14(11-21)19(23)24/h7-8,10,14-15,22H,5-6,9,11-13H2,1-4H3,(H,23,24)/t14-,15-/m0/s1. The molecule has 0 radical (unpaired) electrons. The summed E-state index contributed by atoms with van der Waals surface area (Å²) < 4.78 is 11.2. The molecule has 146 valence electrons. The third-order valence-corrected chi connectivity index (χ3v) is 4.75. The topological polar surface area (TPSA) is 79.2 Å². The van der Waals surface area contributed by atoms with Crippen LogP contribution < -0.4 is 9.47 Å². The van der Waals surface area contributed by atoms with Crippen molar-refractivity contribution in [3.05, 3.63) is 23.8 Å². The van der Waals surface area contributed by atoms with Gasteiger partial charge in [-0.05, 0) is 43.0 Å². The van der Waals surface area contributed by atoms with Gasteiger partial charge in [-0.2, -0.15) is 0 Å². The van der Waals surface area contributed by atoms with Crippen molar-refractivity contribution in [2.24, 2.45) is 5.92 Å². The Bertz CT molecular complexity index is 611. The zero-order valence-corrected chi connectivity index (χ0v) is 16.2. The molecule has 1 aliphatic rings. The third kappa shape index (κ3) is 5.61. The van der Waals surface area contributed by atoms with Crippen molar-refractivity contribution in [1.82, 2.24) is 4.90 Å². The second kappa shape index (κ2) is 8.73. The van der Waals surface area contributed by atoms with Crippen LogP contribution in [0.15, 0.2) is 18.2 Å². The number of aliphatic hydroxyl groups is 1. The first-order chi connectivity index (χ1) is 12.2. The van der Waals surface area contributed by atoms with Gasteiger partial charge in [0.2, 0.25) is 0 Å². The highest BCUT2D eigenvalue weighted by molar-refractivity contribution is 5.70. The number of hydrogen-bond donors (Lipinski definition) is 2. The maximum Gasteiger partial charge on any atom is 0.307 e. The summed E-state index contributed by atoms with van der Waals surface area (Å²) in [4.78, 5) is 13.2. The van der Waals surface area contributed by atoms with Crippen LogP contribution in [0.1, 0.15) is 39.2 Å². The second-order valence-electron chi connectivity index (χ2n) is 8.01. The monoisotopic (exact) mass is 365 g/mol. The summed E-state index contributed by atoms with van der Waals surface area (Å²) in [5.74, 6) is 0.412. The molecule has 0 spiro atoms. The molecule has 1 aromatic rings. The smallest absolute Gasteiger partial charge is 0.307 e. The molecule has 0 saturated carbocycles. The number of carboxylic acids is 1. The van der Waals surface area contributed by atoms with Crippen molar-refractivity contribution in [2.45, 2.75) is 45.1 Å². The fraction of sp³-hybridized carbons (Fsp3) is 0.650. The van der Waals surface area contributed by atoms with E-state index in [0.717, 1.165) is 30.0 Å². The molecule has 1 fully saturated rings. The van der Waals surface area contributed by atoms with E-state index in [1.54, 1.807) is 7.11 Å². The summed E-state index contributed by atoms with van der Waals surface area (Å²) >= 11 is 0. The quantitative estimate of drug-likeness (QED) is 0.773. The van der Waals surface area contributed by atoms with Crippen LogP contribution in [0.3, 0.4) is 0 Å². The highest BCUT2D eigenvalue weighted by Gasteiger charge is 2.27. The van der Waals surface area contributed by atoms with E-state index < -0.39 is 12.1 Å². The van der Waals surface area contributed by atoms with Crippen LogP contribution in [0.25, 0.3) is 0 Å². The number of carbonyl (C=O) groups is 1. The van der Waals surface area contributed by atoms with Gasteiger partial charge in [-0.15, -0.1) is 0 Å². The van der Waals surface area contributed by atoms with E-state index in [0.29, 0.717) is 19.5 Å². The van der Waals surface area contributed by atoms with E-state index in [2.05, 4.69) is 20.8 Å². The van der Waals surface area contributed by atoms with Crippen molar-refractivity contribution in [3.63, 3.8) is 0 Å². The predicted molar refractivity (Wildman–Crippen MR) is 100.0 cm³/mol. The molecule has 0 unspecified atom stereocenters. The average molecular weight is 365 g/mol. The van der Waals surface area contributed by atoms with Gasteiger partial charge in [-0.25, -0.2) is 0 Å². The van der Waals surface area contributed by atoms with Crippen molar-refractivity contribution < 1.29 is 24.5 Å². The first-order valence-corrected chi connectivity index (χ1v) is 9.15. The van der Waals surface area contributed by atoms with Gasteiger partial charge >= 0.3 is 5.97 Å². The first kappa shape index (κ1) is 20.5. The fourth-order valence-electron chi connectivity index (χ4n) is 3.31. The molecule has 1 aromatic carbocycles. The molecular formula is C20H31NO5. The molecule has 2 rings (SSSR count). The summed E-state index contributed by atoms with van der Waals surface area (Å²) in [6.45, 7) is 8.20. The molecule has 2 N–H and O–H groups in total. The molecule has 2 atom stereocenters. The Kier molecular flexibility index (Phi) is 6.89. The molecule has 0 amide bonds. The Morgan fingerprint density at radius 2 is 2.12 bits per heavy atom. The number of aliphatic hydroxyl groups excluding tert-OH is 1. The zero-order chi connectivity index (χ0) is 19.3. The molecular weight excluding hydrogens is 334 g/mol. The van der Waals surface area contributed by atoms with Crippen LogP contribution in [0, 0.1) is 5.92 Å². The van der Waals surface area contributed by atoms with Gasteiger partial charge in [-0.3, -0.25) is 9.69 Å². The van der Waals surface area contributed by atoms with E-state index in [1.807, 2.05) is 23.1 Å². The SMILES string of the molecule is COc1ccc(OC[C@@H](O)CN2CCC[C@H](C(=O)O)C2)c(C(C)(C)C)c1. The van der Waals surface area contributed by atoms with Crippen LogP contribution in [0.4, 0.5) is 0 Å². The number of benzene rings is 1. The van der Waals surface area contributed by atoms with Gasteiger partial charge in [-0.1, -0.05) is 20.8 Å². The van der Waals surface area contributed by atoms with Crippen LogP contribution in [-0.4, -0.2) is 60.5 Å². The molecule has 1 saturated heterocycles. The largest absolute Gasteiger partial charge is 0.497 e. The molecule has 26 heavy (non-hydrogen) atoms. The normalized spacial score (nSPS) is 19.8. The van der Waals surface area contributed by atoms with Gasteiger partial charge < -0.3 is 19.7 Å². The Labute approximate surface area is 155 Å². The number of aliphatic carboxylic acids is 1. The number of piperidine rings is 1. The number of methoxy groups -OCH3 is 1. The van der Waals surface area contributed by atoms with E-state index in [4.69, 9.17) is 14.6 Å². The zero-order valence-electron chi connectivity index (χ0n) is 16.2. The summed E-state index contributed by atoms with van der Waals surface area (Å²) in [5, 5.41) is 19.5. The lowest BCUT2D eigenvalue weighted by atomic mass is 9.86. The minimum Gasteiger partial charge on any atom is -0.497 e. The lowest BCUT2D eigenvalue weighted by molar-refractivity contribution is -0.143. The molecule has 6 heteroatoms. The van der Waals surface area contributed by atoms with Gasteiger partial charge in [0, 0.05) is 18.7 Å². The highest BCUT2D eigenvalue weighted by Crippen LogP contribution is 2.34. The minimum atomic E-state index is -0.756.